The number of halogens is 1. The van der Waals surface area contributed by atoms with E-state index in [9.17, 15) is 33.4 Å². The van der Waals surface area contributed by atoms with Crippen molar-refractivity contribution < 1.29 is 31.9 Å². The highest BCUT2D eigenvalue weighted by Crippen LogP contribution is 2.39. The molecule has 12 nitrogen and oxygen atoms in total. The highest BCUT2D eigenvalue weighted by Gasteiger charge is 2.23. The number of carbonyl (C=O) groups excluding carboxylic acids is 2. The summed E-state index contributed by atoms with van der Waals surface area (Å²) in [5.41, 5.74) is 0.297. The van der Waals surface area contributed by atoms with Crippen molar-refractivity contribution >= 4 is 56.7 Å². The smallest absolute Gasteiger partial charge is 0.339 e. The number of nitro groups is 1. The van der Waals surface area contributed by atoms with E-state index < -0.39 is 26.5 Å². The minimum absolute atomic E-state index is 0.101. The van der Waals surface area contributed by atoms with Crippen LogP contribution in [0.3, 0.4) is 0 Å². The molecule has 0 radical (unpaired) electrons. The van der Waals surface area contributed by atoms with E-state index in [4.69, 9.17) is 20.5 Å². The van der Waals surface area contributed by atoms with E-state index in [0.717, 1.165) is 6.08 Å². The highest BCUT2D eigenvalue weighted by atomic mass is 35.5. The Bertz CT molecular complexity index is 1680. The predicted molar refractivity (Wildman–Crippen MR) is 147 cm³/mol. The molecule has 40 heavy (non-hydrogen) atoms. The molecule has 206 valence electrons. The Morgan fingerprint density at radius 3 is 2.35 bits per heavy atom. The number of nitrogens with zero attached hydrogens (tertiary/aromatic N) is 2. The molecule has 0 atom stereocenters. The summed E-state index contributed by atoms with van der Waals surface area (Å²) in [6, 6.07) is 13.7. The molecule has 0 unspecified atom stereocenters. The number of ether oxygens (including phenoxy) is 1. The summed E-state index contributed by atoms with van der Waals surface area (Å²) >= 11 is 6.29. The van der Waals surface area contributed by atoms with E-state index in [1.807, 2.05) is 0 Å². The number of methoxy groups -OCH3 is 1. The molecule has 3 aromatic carbocycles. The molecule has 0 saturated heterocycles. The molecule has 0 aliphatic rings. The lowest BCUT2D eigenvalue weighted by Crippen LogP contribution is -2.14. The quantitative estimate of drug-likeness (QED) is 0.117. The Hall–Kier alpha value is -4.93. The molecule has 2 N–H and O–H groups in total. The van der Waals surface area contributed by atoms with Gasteiger partial charge in [-0.15, -0.1) is 0 Å². The Morgan fingerprint density at radius 2 is 1.77 bits per heavy atom. The molecule has 14 heteroatoms. The first kappa shape index (κ1) is 29.6. The van der Waals surface area contributed by atoms with Crippen LogP contribution in [0, 0.1) is 28.4 Å². The number of nitrogens with one attached hydrogen (secondary N) is 2. The lowest BCUT2D eigenvalue weighted by atomic mass is 10.1. The number of rotatable bonds is 9. The van der Waals surface area contributed by atoms with Gasteiger partial charge in [0.1, 0.15) is 22.2 Å². The number of amides is 2. The maximum Gasteiger partial charge on any atom is 0.339 e. The second-order valence-electron chi connectivity index (χ2n) is 8.18. The molecule has 3 rings (SSSR count). The lowest BCUT2D eigenvalue weighted by molar-refractivity contribution is -0.384. The van der Waals surface area contributed by atoms with Gasteiger partial charge in [0.2, 0.25) is 11.7 Å². The van der Waals surface area contributed by atoms with E-state index in [0.29, 0.717) is 11.3 Å². The summed E-state index contributed by atoms with van der Waals surface area (Å²) in [5.74, 6) is -1.71. The number of hydrogen-bond donors (Lipinski definition) is 2. The topological polar surface area (TPSA) is 178 Å². The molecular formula is C26H21ClN4O8S. The third-order valence-electron chi connectivity index (χ3n) is 5.18. The standard InChI is InChI=1S/C26H21ClN4O8S/c1-15-4-9-22(23(10-15)31(34)35)30-26(33)18(14-28)11-17-12-21(27)25(24(13-17)38-3)39-40(36,37)20-7-5-19(6-8-20)29-16(2)32/h4-13H,1-3H3,(H,29,32)(H,30,33)/b18-11+. The zero-order valence-electron chi connectivity index (χ0n) is 21.2. The van der Waals surface area contributed by atoms with Crippen LogP contribution < -0.4 is 19.6 Å². The van der Waals surface area contributed by atoms with Crippen LogP contribution in [0.2, 0.25) is 5.02 Å². The van der Waals surface area contributed by atoms with Crippen molar-refractivity contribution in [2.75, 3.05) is 17.7 Å². The molecule has 0 aliphatic heterocycles. The minimum atomic E-state index is -4.38. The van der Waals surface area contributed by atoms with Gasteiger partial charge in [-0.25, -0.2) is 0 Å². The van der Waals surface area contributed by atoms with Gasteiger partial charge in [0.25, 0.3) is 11.6 Å². The average Bonchev–Trinajstić information content (AvgIpc) is 2.89. The van der Waals surface area contributed by atoms with Crippen LogP contribution in [0.1, 0.15) is 18.1 Å². The number of aryl methyl sites for hydroxylation is 1. The second-order valence-corrected chi connectivity index (χ2v) is 10.1. The minimum Gasteiger partial charge on any atom is -0.493 e. The summed E-state index contributed by atoms with van der Waals surface area (Å²) in [6.07, 6.45) is 1.14. The van der Waals surface area contributed by atoms with Crippen molar-refractivity contribution in [2.45, 2.75) is 18.7 Å². The third-order valence-corrected chi connectivity index (χ3v) is 6.70. The highest BCUT2D eigenvalue weighted by molar-refractivity contribution is 7.87. The number of hydrogen-bond acceptors (Lipinski definition) is 9. The van der Waals surface area contributed by atoms with Gasteiger partial charge in [0.05, 0.1) is 17.1 Å². The molecule has 3 aromatic rings. The van der Waals surface area contributed by atoms with Crippen LogP contribution in [-0.4, -0.2) is 32.3 Å². The summed E-state index contributed by atoms with van der Waals surface area (Å²) in [7, 11) is -3.15. The van der Waals surface area contributed by atoms with E-state index in [1.165, 1.54) is 62.6 Å². The fraction of sp³-hybridized carbons (Fsp3) is 0.115. The van der Waals surface area contributed by atoms with Gasteiger partial charge in [-0.05, 0) is 66.6 Å². The molecule has 0 fully saturated rings. The second kappa shape index (κ2) is 12.3. The predicted octanol–water partition coefficient (Wildman–Crippen LogP) is 4.84. The summed E-state index contributed by atoms with van der Waals surface area (Å²) < 4.78 is 36.1. The van der Waals surface area contributed by atoms with Crippen LogP contribution in [0.15, 0.2) is 65.1 Å². The lowest BCUT2D eigenvalue weighted by Gasteiger charge is -2.14. The van der Waals surface area contributed by atoms with Crippen molar-refractivity contribution in [3.8, 4) is 17.6 Å². The molecule has 0 saturated carbocycles. The fourth-order valence-electron chi connectivity index (χ4n) is 3.37. The first-order chi connectivity index (χ1) is 18.8. The number of benzene rings is 3. The average molecular weight is 585 g/mol. The van der Waals surface area contributed by atoms with Gasteiger partial charge in [-0.2, -0.15) is 13.7 Å². The first-order valence-electron chi connectivity index (χ1n) is 11.2. The number of nitriles is 1. The zero-order valence-corrected chi connectivity index (χ0v) is 22.8. The van der Waals surface area contributed by atoms with Crippen molar-refractivity contribution in [3.63, 3.8) is 0 Å². The monoisotopic (exact) mass is 584 g/mol. The van der Waals surface area contributed by atoms with Gasteiger partial charge < -0.3 is 19.6 Å². The Labute approximate surface area is 234 Å². The van der Waals surface area contributed by atoms with E-state index in [1.54, 1.807) is 19.1 Å². The number of anilines is 2. The van der Waals surface area contributed by atoms with Gasteiger partial charge >= 0.3 is 10.1 Å². The largest absolute Gasteiger partial charge is 0.493 e. The summed E-state index contributed by atoms with van der Waals surface area (Å²) in [4.78, 5) is 34.4. The number of nitro benzene ring substituents is 1. The maximum absolute atomic E-state index is 12.8. The molecule has 0 aliphatic carbocycles. The van der Waals surface area contributed by atoms with Crippen molar-refractivity contribution in [1.29, 1.82) is 5.26 Å². The Kier molecular flexibility index (Phi) is 9.10. The first-order valence-corrected chi connectivity index (χ1v) is 13.0. The van der Waals surface area contributed by atoms with Crippen molar-refractivity contribution in [3.05, 3.63) is 86.4 Å². The van der Waals surface area contributed by atoms with Crippen molar-refractivity contribution in [2.24, 2.45) is 0 Å². The Balaban J connectivity index is 1.90. The van der Waals surface area contributed by atoms with Crippen LogP contribution in [0.4, 0.5) is 17.1 Å². The summed E-state index contributed by atoms with van der Waals surface area (Å²) in [5, 5.41) is 25.5. The SMILES string of the molecule is COc1cc(/C=C(\C#N)C(=O)Nc2ccc(C)cc2[N+](=O)[O-])cc(Cl)c1OS(=O)(=O)c1ccc(NC(C)=O)cc1. The maximum atomic E-state index is 12.8. The van der Waals surface area contributed by atoms with Crippen LogP contribution >= 0.6 is 11.6 Å². The fourth-order valence-corrected chi connectivity index (χ4v) is 4.63. The molecule has 0 heterocycles. The molecule has 2 amide bonds. The molecular weight excluding hydrogens is 564 g/mol. The number of carbonyl (C=O) groups is 2. The van der Waals surface area contributed by atoms with Gasteiger partial charge in [-0.3, -0.25) is 19.7 Å². The Morgan fingerprint density at radius 1 is 1.10 bits per heavy atom. The van der Waals surface area contributed by atoms with E-state index in [2.05, 4.69) is 10.6 Å². The van der Waals surface area contributed by atoms with Gasteiger partial charge in [0, 0.05) is 18.7 Å². The van der Waals surface area contributed by atoms with Crippen molar-refractivity contribution in [1.82, 2.24) is 0 Å². The van der Waals surface area contributed by atoms with Crippen LogP contribution in [0.5, 0.6) is 11.5 Å². The van der Waals surface area contributed by atoms with Gasteiger partial charge in [0.15, 0.2) is 5.75 Å². The normalized spacial score (nSPS) is 11.2. The van der Waals surface area contributed by atoms with Crippen LogP contribution in [-0.2, 0) is 19.7 Å². The zero-order chi connectivity index (χ0) is 29.6. The van der Waals surface area contributed by atoms with Crippen LogP contribution in [0.25, 0.3) is 6.08 Å². The molecule has 0 spiro atoms. The van der Waals surface area contributed by atoms with E-state index >= 15 is 0 Å². The summed E-state index contributed by atoms with van der Waals surface area (Å²) in [6.45, 7) is 2.96. The van der Waals surface area contributed by atoms with E-state index in [-0.39, 0.29) is 44.3 Å². The molecule has 0 aromatic heterocycles. The third kappa shape index (κ3) is 7.13. The van der Waals surface area contributed by atoms with Gasteiger partial charge in [-0.1, -0.05) is 17.7 Å². The molecule has 0 bridgehead atoms.